The van der Waals surface area contributed by atoms with Gasteiger partial charge in [0.05, 0.1) is 13.7 Å². The van der Waals surface area contributed by atoms with Crippen molar-refractivity contribution in [1.29, 1.82) is 0 Å². The topological polar surface area (TPSA) is 64.1 Å². The van der Waals surface area contributed by atoms with Gasteiger partial charge < -0.3 is 24.8 Å². The van der Waals surface area contributed by atoms with Gasteiger partial charge in [0.2, 0.25) is 6.79 Å². The molecule has 1 aliphatic rings. The van der Waals surface area contributed by atoms with Crippen LogP contribution in [0.5, 0.6) is 17.2 Å². The Hall–Kier alpha value is -2.89. The largest absolute Gasteiger partial charge is 0.497 e. The third kappa shape index (κ3) is 4.81. The maximum Gasteiger partial charge on any atom is 0.231 e. The molecule has 0 aliphatic carbocycles. The number of aliphatic imine (C=N–C) groups is 1. The Kier molecular flexibility index (Phi) is 6.19. The molecule has 0 saturated carbocycles. The van der Waals surface area contributed by atoms with E-state index in [1.54, 1.807) is 7.11 Å². The van der Waals surface area contributed by atoms with E-state index in [0.717, 1.165) is 48.3 Å². The van der Waals surface area contributed by atoms with Crippen LogP contribution in [0.1, 0.15) is 18.1 Å². The van der Waals surface area contributed by atoms with Gasteiger partial charge in [-0.2, -0.15) is 0 Å². The van der Waals surface area contributed by atoms with E-state index in [1.807, 2.05) is 30.3 Å². The van der Waals surface area contributed by atoms with Crippen LogP contribution in [0.4, 0.5) is 0 Å². The average Bonchev–Trinajstić information content (AvgIpc) is 3.14. The fraction of sp³-hybridized carbons (Fsp3) is 0.350. The lowest BCUT2D eigenvalue weighted by molar-refractivity contribution is 0.174. The maximum absolute atomic E-state index is 5.41. The summed E-state index contributed by atoms with van der Waals surface area (Å²) in [6.45, 7) is 4.52. The quantitative estimate of drug-likeness (QED) is 0.591. The van der Waals surface area contributed by atoms with Gasteiger partial charge in [-0.15, -0.1) is 0 Å². The Balaban J connectivity index is 1.55. The maximum atomic E-state index is 5.41. The second-order valence-corrected chi connectivity index (χ2v) is 5.91. The molecule has 0 saturated heterocycles. The summed E-state index contributed by atoms with van der Waals surface area (Å²) in [6.07, 6.45) is 0.894. The summed E-state index contributed by atoms with van der Waals surface area (Å²) in [5, 5.41) is 6.64. The zero-order chi connectivity index (χ0) is 18.2. The Labute approximate surface area is 154 Å². The van der Waals surface area contributed by atoms with Crippen LogP contribution in [0, 0.1) is 0 Å². The summed E-state index contributed by atoms with van der Waals surface area (Å²) in [7, 11) is 1.68. The van der Waals surface area contributed by atoms with E-state index in [4.69, 9.17) is 14.2 Å². The van der Waals surface area contributed by atoms with Crippen LogP contribution in [0.2, 0.25) is 0 Å². The summed E-state index contributed by atoms with van der Waals surface area (Å²) in [5.74, 6) is 3.26. The number of methoxy groups -OCH3 is 1. The molecular weight excluding hydrogens is 330 g/mol. The van der Waals surface area contributed by atoms with Gasteiger partial charge in [-0.05, 0) is 48.7 Å². The van der Waals surface area contributed by atoms with Crippen LogP contribution in [0.15, 0.2) is 47.5 Å². The first-order valence-electron chi connectivity index (χ1n) is 8.82. The molecule has 0 bridgehead atoms. The van der Waals surface area contributed by atoms with Gasteiger partial charge in [0, 0.05) is 13.1 Å². The summed E-state index contributed by atoms with van der Waals surface area (Å²) >= 11 is 0. The highest BCUT2D eigenvalue weighted by Crippen LogP contribution is 2.32. The smallest absolute Gasteiger partial charge is 0.231 e. The van der Waals surface area contributed by atoms with Crippen molar-refractivity contribution in [3.8, 4) is 17.2 Å². The molecule has 0 atom stereocenters. The van der Waals surface area contributed by atoms with Crippen LogP contribution >= 0.6 is 0 Å². The highest BCUT2D eigenvalue weighted by atomic mass is 16.7. The zero-order valence-corrected chi connectivity index (χ0v) is 15.2. The Bertz CT molecular complexity index is 762. The molecule has 0 amide bonds. The minimum absolute atomic E-state index is 0.288. The van der Waals surface area contributed by atoms with Crippen molar-refractivity contribution >= 4 is 5.96 Å². The van der Waals surface area contributed by atoms with Crippen molar-refractivity contribution < 1.29 is 14.2 Å². The van der Waals surface area contributed by atoms with Gasteiger partial charge in [0.25, 0.3) is 0 Å². The Morgan fingerprint density at radius 3 is 2.81 bits per heavy atom. The van der Waals surface area contributed by atoms with E-state index in [1.165, 1.54) is 5.56 Å². The number of fused-ring (bicyclic) bond motifs is 1. The second-order valence-electron chi connectivity index (χ2n) is 5.91. The van der Waals surface area contributed by atoms with Crippen molar-refractivity contribution in [3.05, 3.63) is 53.6 Å². The first-order valence-corrected chi connectivity index (χ1v) is 8.82. The number of nitrogens with zero attached hydrogens (tertiary/aromatic N) is 1. The lowest BCUT2D eigenvalue weighted by atomic mass is 10.1. The third-order valence-electron chi connectivity index (χ3n) is 4.04. The zero-order valence-electron chi connectivity index (χ0n) is 15.2. The van der Waals surface area contributed by atoms with Crippen LogP contribution < -0.4 is 24.8 Å². The van der Waals surface area contributed by atoms with Gasteiger partial charge >= 0.3 is 0 Å². The number of rotatable bonds is 7. The SMILES string of the molecule is CCNC(=NCc1ccc2c(c1)OCO2)NCCc1cccc(OC)c1. The molecule has 0 aromatic heterocycles. The van der Waals surface area contributed by atoms with Crippen LogP contribution in [0.3, 0.4) is 0 Å². The second kappa shape index (κ2) is 8.99. The van der Waals surface area contributed by atoms with Gasteiger partial charge in [0.1, 0.15) is 5.75 Å². The van der Waals surface area contributed by atoms with Crippen molar-refractivity contribution in [3.63, 3.8) is 0 Å². The Morgan fingerprint density at radius 1 is 1.08 bits per heavy atom. The molecule has 138 valence electrons. The summed E-state index contributed by atoms with van der Waals surface area (Å²) in [4.78, 5) is 4.65. The number of hydrogen-bond donors (Lipinski definition) is 2. The Morgan fingerprint density at radius 2 is 1.96 bits per heavy atom. The monoisotopic (exact) mass is 355 g/mol. The molecule has 6 heteroatoms. The fourth-order valence-electron chi connectivity index (χ4n) is 2.70. The number of hydrogen-bond acceptors (Lipinski definition) is 4. The molecule has 0 unspecified atom stereocenters. The van der Waals surface area contributed by atoms with Crippen molar-refractivity contribution in [2.75, 3.05) is 27.0 Å². The molecule has 0 spiro atoms. The molecule has 0 fully saturated rings. The van der Waals surface area contributed by atoms with E-state index >= 15 is 0 Å². The van der Waals surface area contributed by atoms with Crippen molar-refractivity contribution in [2.45, 2.75) is 19.9 Å². The van der Waals surface area contributed by atoms with E-state index < -0.39 is 0 Å². The van der Waals surface area contributed by atoms with Crippen LogP contribution in [-0.4, -0.2) is 33.0 Å². The molecule has 2 N–H and O–H groups in total. The molecule has 26 heavy (non-hydrogen) atoms. The van der Waals surface area contributed by atoms with Gasteiger partial charge in [-0.25, -0.2) is 4.99 Å². The highest BCUT2D eigenvalue weighted by molar-refractivity contribution is 5.79. The highest BCUT2D eigenvalue weighted by Gasteiger charge is 2.12. The fourth-order valence-corrected chi connectivity index (χ4v) is 2.70. The van der Waals surface area contributed by atoms with Gasteiger partial charge in [-0.1, -0.05) is 18.2 Å². The molecule has 6 nitrogen and oxygen atoms in total. The molecule has 2 aromatic carbocycles. The van der Waals surface area contributed by atoms with Crippen molar-refractivity contribution in [2.24, 2.45) is 4.99 Å². The molecule has 1 heterocycles. The summed E-state index contributed by atoms with van der Waals surface area (Å²) < 4.78 is 16.0. The van der Waals surface area contributed by atoms with E-state index in [0.29, 0.717) is 6.54 Å². The van der Waals surface area contributed by atoms with E-state index in [2.05, 4.69) is 34.7 Å². The third-order valence-corrected chi connectivity index (χ3v) is 4.04. The first-order chi connectivity index (χ1) is 12.8. The standard InChI is InChI=1S/C20H25N3O3/c1-3-21-20(22-10-9-15-5-4-6-17(11-15)24-2)23-13-16-7-8-18-19(12-16)26-14-25-18/h4-8,11-12H,3,9-10,13-14H2,1-2H3,(H2,21,22,23). The number of guanidine groups is 1. The molecule has 0 radical (unpaired) electrons. The van der Waals surface area contributed by atoms with Gasteiger partial charge in [-0.3, -0.25) is 0 Å². The van der Waals surface area contributed by atoms with Gasteiger partial charge in [0.15, 0.2) is 17.5 Å². The molecule has 1 aliphatic heterocycles. The lowest BCUT2D eigenvalue weighted by Crippen LogP contribution is -2.38. The van der Waals surface area contributed by atoms with Crippen molar-refractivity contribution in [1.82, 2.24) is 10.6 Å². The normalized spacial score (nSPS) is 12.8. The van der Waals surface area contributed by atoms with Crippen LogP contribution in [0.25, 0.3) is 0 Å². The van der Waals surface area contributed by atoms with E-state index in [9.17, 15) is 0 Å². The lowest BCUT2D eigenvalue weighted by Gasteiger charge is -2.12. The molecular formula is C20H25N3O3. The first kappa shape index (κ1) is 17.9. The predicted octanol–water partition coefficient (Wildman–Crippen LogP) is 2.72. The average molecular weight is 355 g/mol. The van der Waals surface area contributed by atoms with E-state index in [-0.39, 0.29) is 6.79 Å². The minimum Gasteiger partial charge on any atom is -0.497 e. The number of ether oxygens (including phenoxy) is 3. The van der Waals surface area contributed by atoms with Crippen LogP contribution in [-0.2, 0) is 13.0 Å². The molecule has 3 rings (SSSR count). The summed E-state index contributed by atoms with van der Waals surface area (Å²) in [6, 6.07) is 14.0. The molecule has 2 aromatic rings. The number of benzene rings is 2. The minimum atomic E-state index is 0.288. The summed E-state index contributed by atoms with van der Waals surface area (Å²) in [5.41, 5.74) is 2.31. The predicted molar refractivity (Wildman–Crippen MR) is 102 cm³/mol. The number of nitrogens with one attached hydrogen (secondary N) is 2.